The number of amides is 1. The lowest BCUT2D eigenvalue weighted by Gasteiger charge is -2.31. The minimum atomic E-state index is -4.35. The zero-order valence-corrected chi connectivity index (χ0v) is 37.0. The number of nitrogens with one attached hydrogen (secondary N) is 2. The maximum absolute atomic E-state index is 12.8. The summed E-state index contributed by atoms with van der Waals surface area (Å²) < 4.78 is 66.4. The highest BCUT2D eigenvalue weighted by Crippen LogP contribution is 2.32. The number of carbonyl (C=O) groups is 2. The van der Waals surface area contributed by atoms with Crippen LogP contribution in [0.15, 0.2) is 35.1 Å². The van der Waals surface area contributed by atoms with Crippen LogP contribution in [0, 0.1) is 13.8 Å². The predicted octanol–water partition coefficient (Wildman–Crippen LogP) is 4.24. The molecule has 2 aromatic carbocycles. The average Bonchev–Trinajstić information content (AvgIpc) is 3.35. The van der Waals surface area contributed by atoms with Gasteiger partial charge in [0.2, 0.25) is 15.9 Å². The molecule has 2 unspecified atom stereocenters. The normalized spacial score (nSPS) is 12.6. The highest BCUT2D eigenvalue weighted by atomic mass is 35.5. The molecule has 3 aromatic rings. The fourth-order valence-corrected chi connectivity index (χ4v) is 6.12. The van der Waals surface area contributed by atoms with Gasteiger partial charge in [-0.05, 0) is 61.3 Å². The molecule has 1 amide bonds. The Morgan fingerprint density at radius 3 is 2.16 bits per heavy atom. The van der Waals surface area contributed by atoms with Crippen LogP contribution in [-0.2, 0) is 46.2 Å². The number of nitrogens with zero attached hydrogens (tertiary/aromatic N) is 4. The molecule has 2 atom stereocenters. The lowest BCUT2D eigenvalue weighted by atomic mass is 10.0. The first-order valence-electron chi connectivity index (χ1n) is 16.1. The fourth-order valence-electron chi connectivity index (χ4n) is 4.46. The van der Waals surface area contributed by atoms with Gasteiger partial charge in [-0.1, -0.05) is 48.3 Å². The Labute approximate surface area is 343 Å². The van der Waals surface area contributed by atoms with Crippen molar-refractivity contribution in [2.45, 2.75) is 46.7 Å². The van der Waals surface area contributed by atoms with Crippen molar-refractivity contribution in [2.24, 2.45) is 0 Å². The second-order valence-electron chi connectivity index (χ2n) is 12.0. The molecule has 0 aliphatic carbocycles. The Kier molecular flexibility index (Phi) is 23.6. The van der Waals surface area contributed by atoms with Crippen LogP contribution in [0.4, 0.5) is 20.2 Å². The summed E-state index contributed by atoms with van der Waals surface area (Å²) in [6.07, 6.45) is 7.65. The number of methoxy groups -OCH3 is 1. The zero-order chi connectivity index (χ0) is 43.7. The van der Waals surface area contributed by atoms with Crippen molar-refractivity contribution in [3.05, 3.63) is 67.8 Å². The molecule has 4 N–H and O–H groups in total. The number of carbonyl (C=O) groups excluding carboxylic acids is 1. The SMILES string of the molecule is CCc1cccc(C)c1N(C(=O)CCl)C(C)COC.C[S+](C)C.Cc1nn(-c2cc(NS(C)(=O)=O)c(Cl)cc2Cl)c(=O)n1C(F)F.O=C(O)CNCP(=O)([O-])O. The van der Waals surface area contributed by atoms with E-state index in [2.05, 4.69) is 41.6 Å². The molecule has 0 bridgehead atoms. The van der Waals surface area contributed by atoms with E-state index in [1.807, 2.05) is 31.3 Å². The van der Waals surface area contributed by atoms with Gasteiger partial charge in [0.1, 0.15) is 19.3 Å². The van der Waals surface area contributed by atoms with E-state index in [-0.39, 0.29) is 49.6 Å². The van der Waals surface area contributed by atoms with Gasteiger partial charge >= 0.3 is 18.2 Å². The van der Waals surface area contributed by atoms with Gasteiger partial charge in [-0.15, -0.1) is 16.7 Å². The summed E-state index contributed by atoms with van der Waals surface area (Å²) in [4.78, 5) is 53.7. The maximum Gasteiger partial charge on any atom is 0.355 e. The first-order valence-corrected chi connectivity index (χ1v) is 23.5. The lowest BCUT2D eigenvalue weighted by molar-refractivity contribution is -0.193. The number of benzene rings is 2. The molecule has 16 nitrogen and oxygen atoms in total. The minimum absolute atomic E-state index is 0.0223. The number of alkyl halides is 3. The Morgan fingerprint density at radius 2 is 1.73 bits per heavy atom. The molecule has 318 valence electrons. The quantitative estimate of drug-likeness (QED) is 0.101. The van der Waals surface area contributed by atoms with Crippen LogP contribution in [-0.4, -0.2) is 108 Å². The molecule has 0 spiro atoms. The van der Waals surface area contributed by atoms with Gasteiger partial charge in [0.05, 0.1) is 77.6 Å². The van der Waals surface area contributed by atoms with E-state index < -0.39 is 48.7 Å². The van der Waals surface area contributed by atoms with Crippen molar-refractivity contribution >= 4 is 86.6 Å². The number of hydrogen-bond donors (Lipinski definition) is 4. The summed E-state index contributed by atoms with van der Waals surface area (Å²) in [5.74, 6) is -1.51. The van der Waals surface area contributed by atoms with E-state index in [0.717, 1.165) is 35.6 Å². The van der Waals surface area contributed by atoms with Gasteiger partial charge in [-0.3, -0.25) is 19.6 Å². The number of carboxylic acids is 1. The Balaban J connectivity index is 0.000000822. The van der Waals surface area contributed by atoms with Crippen LogP contribution in [0.5, 0.6) is 0 Å². The topological polar surface area (TPSA) is 225 Å². The summed E-state index contributed by atoms with van der Waals surface area (Å²) in [7, 11) is -5.72. The first-order chi connectivity index (χ1) is 25.7. The molecule has 0 saturated carbocycles. The predicted molar refractivity (Wildman–Crippen MR) is 218 cm³/mol. The highest BCUT2D eigenvalue weighted by molar-refractivity contribution is 7.94. The fraction of sp³-hybridized carbons (Fsp3) is 0.500. The van der Waals surface area contributed by atoms with E-state index in [4.69, 9.17) is 49.5 Å². The van der Waals surface area contributed by atoms with Crippen molar-refractivity contribution < 1.29 is 51.0 Å². The minimum Gasteiger partial charge on any atom is -0.778 e. The number of aromatic nitrogens is 3. The number of hydrogen-bond acceptors (Lipinski definition) is 10. The molecule has 56 heavy (non-hydrogen) atoms. The molecule has 0 aliphatic rings. The Morgan fingerprint density at radius 1 is 1.16 bits per heavy atom. The van der Waals surface area contributed by atoms with Crippen LogP contribution in [0.3, 0.4) is 0 Å². The number of rotatable bonds is 14. The van der Waals surface area contributed by atoms with Gasteiger partial charge in [-0.2, -0.15) is 13.5 Å². The van der Waals surface area contributed by atoms with Crippen molar-refractivity contribution in [1.82, 2.24) is 19.7 Å². The molecule has 0 aliphatic heterocycles. The van der Waals surface area contributed by atoms with Crippen LogP contribution in [0.25, 0.3) is 5.69 Å². The number of aryl methyl sites for hydroxylation is 3. The van der Waals surface area contributed by atoms with Crippen molar-refractivity contribution in [2.75, 3.05) is 67.1 Å². The number of halogens is 5. The number of sulfonamides is 1. The van der Waals surface area contributed by atoms with Gasteiger partial charge in [-0.25, -0.2) is 17.8 Å². The third-order valence-corrected chi connectivity index (χ3v) is 8.56. The largest absolute Gasteiger partial charge is 0.778 e. The van der Waals surface area contributed by atoms with Gasteiger partial charge in [0, 0.05) is 7.11 Å². The van der Waals surface area contributed by atoms with E-state index in [9.17, 15) is 41.0 Å². The number of anilines is 2. The number of ether oxygens (including phenoxy) is 1. The molecule has 24 heteroatoms. The zero-order valence-electron chi connectivity index (χ0n) is 32.2. The third-order valence-electron chi connectivity index (χ3n) is 6.50. The van der Waals surface area contributed by atoms with Crippen molar-refractivity contribution in [1.29, 1.82) is 0 Å². The van der Waals surface area contributed by atoms with Crippen LogP contribution < -0.4 is 25.5 Å². The average molecular weight is 916 g/mol. The van der Waals surface area contributed by atoms with Crippen molar-refractivity contribution in [3.8, 4) is 5.69 Å². The van der Waals surface area contributed by atoms with Crippen LogP contribution in [0.2, 0.25) is 10.0 Å². The Hall–Kier alpha value is -2.78. The summed E-state index contributed by atoms with van der Waals surface area (Å²) >= 11 is 17.6. The van der Waals surface area contributed by atoms with E-state index in [0.29, 0.717) is 22.2 Å². The highest BCUT2D eigenvalue weighted by Gasteiger charge is 2.25. The van der Waals surface area contributed by atoms with E-state index >= 15 is 0 Å². The third kappa shape index (κ3) is 19.1. The molecule has 0 fully saturated rings. The van der Waals surface area contributed by atoms with Crippen molar-refractivity contribution in [3.63, 3.8) is 0 Å². The summed E-state index contributed by atoms with van der Waals surface area (Å²) in [6, 6.07) is 8.36. The molecular formula is C32H48Cl3F2N6O10PS2. The molecule has 1 heterocycles. The van der Waals surface area contributed by atoms with Gasteiger partial charge < -0.3 is 29.1 Å². The summed E-state index contributed by atoms with van der Waals surface area (Å²) in [6.45, 7) is 4.23. The second kappa shape index (κ2) is 24.9. The lowest BCUT2D eigenvalue weighted by Crippen LogP contribution is -2.43. The number of carboxylic acid groups (broad SMARTS) is 1. The van der Waals surface area contributed by atoms with Gasteiger partial charge in [0.15, 0.2) is 0 Å². The monoisotopic (exact) mass is 914 g/mol. The first kappa shape index (κ1) is 53.2. The molecular weight excluding hydrogens is 868 g/mol. The molecule has 3 rings (SSSR count). The molecule has 1 aromatic heterocycles. The van der Waals surface area contributed by atoms with Crippen LogP contribution in [0.1, 0.15) is 37.3 Å². The van der Waals surface area contributed by atoms with Gasteiger partial charge in [0.25, 0.3) is 0 Å². The molecule has 0 saturated heterocycles. The standard InChI is InChI=1S/C15H22ClNO2.C11H10Cl2F2N4O3S.C3H8NO5P.C3H9S/c1-5-13-8-6-7-11(2)15(13)17(14(18)9-16)12(3)10-19-4;1-5-16-19(11(20)18(5)10(14)15)9-4-8(17-23(2,21)22)6(12)3-7(9)13;5-3(6)1-4-2-10(7,8)9;1-4(2)3/h6-8,12H,5,9-10H2,1-4H3;3-4,10,17H,1-2H3;4H,1-2H2,(H,5,6)(H2,7,8,9);1-3H3/q;;;+1/p-1. The number of aliphatic carboxylic acids is 1. The Bertz CT molecular complexity index is 1960. The maximum atomic E-state index is 12.8. The van der Waals surface area contributed by atoms with E-state index in [1.54, 1.807) is 12.0 Å². The van der Waals surface area contributed by atoms with Crippen LogP contribution >= 0.6 is 42.4 Å². The summed E-state index contributed by atoms with van der Waals surface area (Å²) in [5.41, 5.74) is 1.94. The second-order valence-corrected chi connectivity index (χ2v) is 18.9. The summed E-state index contributed by atoms with van der Waals surface area (Å²) in [5, 5.41) is 13.6. The molecule has 0 radical (unpaired) electrons. The smallest absolute Gasteiger partial charge is 0.355 e. The number of para-hydroxylation sites is 1. The van der Waals surface area contributed by atoms with E-state index in [1.165, 1.54) is 13.0 Å².